The van der Waals surface area contributed by atoms with Crippen molar-refractivity contribution in [2.24, 2.45) is 0 Å². The molecule has 4 nitrogen and oxygen atoms in total. The van der Waals surface area contributed by atoms with Crippen LogP contribution in [0.1, 0.15) is 91.9 Å². The molecule has 0 spiro atoms. The number of esters is 2. The SMILES string of the molecule is CCCCCC/C(C(=O)OCC)=C(\CCCCCC)C(=O)OCC. The van der Waals surface area contributed by atoms with Gasteiger partial charge in [0, 0.05) is 11.1 Å². The molecule has 140 valence electrons. The van der Waals surface area contributed by atoms with Crippen molar-refractivity contribution >= 4 is 11.9 Å². The number of hydrogen-bond acceptors (Lipinski definition) is 4. The van der Waals surface area contributed by atoms with Gasteiger partial charge in [-0.2, -0.15) is 0 Å². The van der Waals surface area contributed by atoms with Crippen molar-refractivity contribution in [1.82, 2.24) is 0 Å². The van der Waals surface area contributed by atoms with Crippen molar-refractivity contribution < 1.29 is 19.1 Å². The van der Waals surface area contributed by atoms with Crippen LogP contribution in [0.2, 0.25) is 0 Å². The number of unbranched alkanes of at least 4 members (excludes halogenated alkanes) is 6. The quantitative estimate of drug-likeness (QED) is 0.243. The molecule has 0 rings (SSSR count). The highest BCUT2D eigenvalue weighted by molar-refractivity contribution is 6.00. The van der Waals surface area contributed by atoms with Crippen molar-refractivity contribution in [2.45, 2.75) is 91.9 Å². The van der Waals surface area contributed by atoms with E-state index in [-0.39, 0.29) is 11.9 Å². The van der Waals surface area contributed by atoms with Crippen LogP contribution in [-0.4, -0.2) is 25.2 Å². The maximum absolute atomic E-state index is 12.4. The molecule has 0 bridgehead atoms. The van der Waals surface area contributed by atoms with Gasteiger partial charge >= 0.3 is 11.9 Å². The molecule has 24 heavy (non-hydrogen) atoms. The summed E-state index contributed by atoms with van der Waals surface area (Å²) in [6, 6.07) is 0. The van der Waals surface area contributed by atoms with Crippen LogP contribution in [0, 0.1) is 0 Å². The van der Waals surface area contributed by atoms with Gasteiger partial charge in [-0.05, 0) is 39.5 Å². The van der Waals surface area contributed by atoms with E-state index in [0.717, 1.165) is 51.4 Å². The molecule has 0 aliphatic heterocycles. The molecule has 0 N–H and O–H groups in total. The molecule has 0 fully saturated rings. The standard InChI is InChI=1S/C20H36O4/c1-5-9-11-13-15-17(19(21)23-7-3)18(20(22)24-8-4)16-14-12-10-6-2/h5-16H2,1-4H3/b18-17-. The van der Waals surface area contributed by atoms with Gasteiger partial charge in [0.2, 0.25) is 0 Å². The predicted molar refractivity (Wildman–Crippen MR) is 97.8 cm³/mol. The van der Waals surface area contributed by atoms with Crippen LogP contribution in [0.4, 0.5) is 0 Å². The summed E-state index contributed by atoms with van der Waals surface area (Å²) >= 11 is 0. The molecular weight excluding hydrogens is 304 g/mol. The van der Waals surface area contributed by atoms with E-state index in [1.165, 1.54) is 0 Å². The average Bonchev–Trinajstić information content (AvgIpc) is 2.56. The van der Waals surface area contributed by atoms with Crippen LogP contribution in [-0.2, 0) is 19.1 Å². The molecule has 0 radical (unpaired) electrons. The summed E-state index contributed by atoms with van der Waals surface area (Å²) in [5, 5.41) is 0. The lowest BCUT2D eigenvalue weighted by molar-refractivity contribution is -0.142. The molecule has 0 saturated carbocycles. The second-order valence-corrected chi connectivity index (χ2v) is 6.02. The summed E-state index contributed by atoms with van der Waals surface area (Å²) in [4.78, 5) is 24.7. The summed E-state index contributed by atoms with van der Waals surface area (Å²) in [5.41, 5.74) is 1.06. The highest BCUT2D eigenvalue weighted by Gasteiger charge is 2.22. The molecule has 0 aromatic carbocycles. The highest BCUT2D eigenvalue weighted by atomic mass is 16.5. The summed E-state index contributed by atoms with van der Waals surface area (Å²) < 4.78 is 10.4. The Morgan fingerprint density at radius 2 is 0.958 bits per heavy atom. The van der Waals surface area contributed by atoms with E-state index in [9.17, 15) is 9.59 Å². The summed E-state index contributed by atoms with van der Waals surface area (Å²) in [5.74, 6) is -0.708. The lowest BCUT2D eigenvalue weighted by Gasteiger charge is -2.14. The Balaban J connectivity index is 5.21. The third kappa shape index (κ3) is 9.74. The van der Waals surface area contributed by atoms with E-state index < -0.39 is 0 Å². The first-order chi connectivity index (χ1) is 11.6. The van der Waals surface area contributed by atoms with Crippen LogP contribution >= 0.6 is 0 Å². The van der Waals surface area contributed by atoms with Crippen molar-refractivity contribution in [3.05, 3.63) is 11.1 Å². The number of hydrogen-bond donors (Lipinski definition) is 0. The fourth-order valence-electron chi connectivity index (χ4n) is 2.65. The normalized spacial score (nSPS) is 11.8. The third-order valence-corrected chi connectivity index (χ3v) is 3.97. The molecule has 0 saturated heterocycles. The Kier molecular flexibility index (Phi) is 14.4. The number of carbonyl (C=O) groups excluding carboxylic acids is 2. The smallest absolute Gasteiger partial charge is 0.334 e. The highest BCUT2D eigenvalue weighted by Crippen LogP contribution is 2.22. The minimum absolute atomic E-state index is 0.323. The van der Waals surface area contributed by atoms with Gasteiger partial charge in [0.1, 0.15) is 0 Å². The Morgan fingerprint density at radius 1 is 0.583 bits per heavy atom. The van der Waals surface area contributed by atoms with Crippen molar-refractivity contribution in [1.29, 1.82) is 0 Å². The van der Waals surface area contributed by atoms with E-state index >= 15 is 0 Å². The Morgan fingerprint density at radius 3 is 1.25 bits per heavy atom. The molecular formula is C20H36O4. The zero-order valence-electron chi connectivity index (χ0n) is 16.1. The van der Waals surface area contributed by atoms with Gasteiger partial charge in [0.15, 0.2) is 0 Å². The van der Waals surface area contributed by atoms with Crippen LogP contribution in [0.25, 0.3) is 0 Å². The second-order valence-electron chi connectivity index (χ2n) is 6.02. The molecule has 0 atom stereocenters. The van der Waals surface area contributed by atoms with Crippen LogP contribution < -0.4 is 0 Å². The average molecular weight is 341 g/mol. The van der Waals surface area contributed by atoms with Gasteiger partial charge in [-0.3, -0.25) is 0 Å². The topological polar surface area (TPSA) is 52.6 Å². The van der Waals surface area contributed by atoms with E-state index in [1.54, 1.807) is 13.8 Å². The van der Waals surface area contributed by atoms with Gasteiger partial charge in [-0.25, -0.2) is 9.59 Å². The first kappa shape index (κ1) is 22.7. The molecule has 0 aromatic rings. The first-order valence-corrected chi connectivity index (χ1v) is 9.68. The van der Waals surface area contributed by atoms with E-state index in [2.05, 4.69) is 13.8 Å². The summed E-state index contributed by atoms with van der Waals surface area (Å²) in [6.07, 6.45) is 9.68. The molecule has 4 heteroatoms. The van der Waals surface area contributed by atoms with Gasteiger partial charge in [0.05, 0.1) is 13.2 Å². The van der Waals surface area contributed by atoms with Crippen molar-refractivity contribution in [2.75, 3.05) is 13.2 Å². The Hall–Kier alpha value is -1.32. The second kappa shape index (κ2) is 15.2. The van der Waals surface area contributed by atoms with E-state index in [1.807, 2.05) is 0 Å². The van der Waals surface area contributed by atoms with Gasteiger partial charge < -0.3 is 9.47 Å². The monoisotopic (exact) mass is 340 g/mol. The fourth-order valence-corrected chi connectivity index (χ4v) is 2.65. The zero-order chi connectivity index (χ0) is 18.2. The third-order valence-electron chi connectivity index (χ3n) is 3.97. The molecule has 0 aromatic heterocycles. The first-order valence-electron chi connectivity index (χ1n) is 9.68. The summed E-state index contributed by atoms with van der Waals surface area (Å²) in [6.45, 7) is 8.53. The lowest BCUT2D eigenvalue weighted by Crippen LogP contribution is -2.17. The number of ether oxygens (including phenoxy) is 2. The molecule has 0 unspecified atom stereocenters. The maximum Gasteiger partial charge on any atom is 0.334 e. The van der Waals surface area contributed by atoms with Gasteiger partial charge in [-0.1, -0.05) is 52.4 Å². The van der Waals surface area contributed by atoms with Crippen LogP contribution in [0.3, 0.4) is 0 Å². The molecule has 0 aliphatic rings. The lowest BCUT2D eigenvalue weighted by atomic mass is 9.96. The molecule has 0 heterocycles. The number of carbonyl (C=O) groups is 2. The van der Waals surface area contributed by atoms with Gasteiger partial charge in [-0.15, -0.1) is 0 Å². The minimum atomic E-state index is -0.354. The maximum atomic E-state index is 12.4. The summed E-state index contributed by atoms with van der Waals surface area (Å²) in [7, 11) is 0. The van der Waals surface area contributed by atoms with E-state index in [4.69, 9.17) is 9.47 Å². The Bertz CT molecular complexity index is 349. The van der Waals surface area contributed by atoms with Gasteiger partial charge in [0.25, 0.3) is 0 Å². The largest absolute Gasteiger partial charge is 0.463 e. The predicted octanol–water partition coefficient (Wildman–Crippen LogP) is 5.35. The van der Waals surface area contributed by atoms with Crippen molar-refractivity contribution in [3.63, 3.8) is 0 Å². The minimum Gasteiger partial charge on any atom is -0.463 e. The number of rotatable bonds is 14. The molecule has 0 amide bonds. The zero-order valence-corrected chi connectivity index (χ0v) is 16.1. The van der Waals surface area contributed by atoms with Crippen molar-refractivity contribution in [3.8, 4) is 0 Å². The fraction of sp³-hybridized carbons (Fsp3) is 0.800. The molecule has 0 aliphatic carbocycles. The van der Waals surface area contributed by atoms with Crippen LogP contribution in [0.15, 0.2) is 11.1 Å². The van der Waals surface area contributed by atoms with E-state index in [0.29, 0.717) is 37.2 Å². The van der Waals surface area contributed by atoms with Crippen LogP contribution in [0.5, 0.6) is 0 Å². The Labute approximate surface area is 148 Å².